The third-order valence-corrected chi connectivity index (χ3v) is 17.1. The Bertz CT molecular complexity index is 3820. The molecule has 75 heavy (non-hydrogen) atoms. The quantitative estimate of drug-likeness (QED) is 0.165. The van der Waals surface area contributed by atoms with Crippen LogP contribution in [0.3, 0.4) is 0 Å². The van der Waals surface area contributed by atoms with Crippen LogP contribution in [-0.4, -0.2) is 6.71 Å². The summed E-state index contributed by atoms with van der Waals surface area (Å²) < 4.78 is 7.33. The second kappa shape index (κ2) is 17.1. The topological polar surface area (TPSA) is 60.0 Å². The molecule has 3 aliphatic rings. The molecule has 0 saturated carbocycles. The van der Waals surface area contributed by atoms with E-state index in [1.54, 1.807) is 0 Å². The summed E-state index contributed by atoms with van der Waals surface area (Å²) in [5, 5.41) is 19.9. The van der Waals surface area contributed by atoms with Crippen molar-refractivity contribution in [1.82, 2.24) is 0 Å². The summed E-state index contributed by atoms with van der Waals surface area (Å²) in [6, 6.07) is 71.0. The number of benzene rings is 9. The van der Waals surface area contributed by atoms with Crippen LogP contribution in [0.4, 0.5) is 17.1 Å². The van der Waals surface area contributed by atoms with E-state index in [1.165, 1.54) is 38.8 Å². The van der Waals surface area contributed by atoms with Gasteiger partial charge in [-0.1, -0.05) is 203 Å². The number of fused-ring (bicyclic) bond motifs is 8. The van der Waals surface area contributed by atoms with Crippen LogP contribution < -0.4 is 26.0 Å². The van der Waals surface area contributed by atoms with Gasteiger partial charge in [0.25, 0.3) is 6.71 Å². The van der Waals surface area contributed by atoms with Gasteiger partial charge in [0, 0.05) is 22.5 Å². The van der Waals surface area contributed by atoms with Crippen LogP contribution in [0.15, 0.2) is 182 Å². The van der Waals surface area contributed by atoms with E-state index in [0.29, 0.717) is 11.1 Å². The van der Waals surface area contributed by atoms with Gasteiger partial charge in [0.1, 0.15) is 11.5 Å². The van der Waals surface area contributed by atoms with Gasteiger partial charge in [0.15, 0.2) is 0 Å². The number of anilines is 3. The van der Waals surface area contributed by atoms with Crippen molar-refractivity contribution in [2.24, 2.45) is 0 Å². The van der Waals surface area contributed by atoms with Crippen LogP contribution >= 0.6 is 0 Å². The van der Waals surface area contributed by atoms with Gasteiger partial charge in [-0.25, -0.2) is 0 Å². The molecule has 3 heterocycles. The van der Waals surface area contributed by atoms with Gasteiger partial charge in [-0.3, -0.25) is 0 Å². The fourth-order valence-corrected chi connectivity index (χ4v) is 11.7. The minimum Gasteiger partial charge on any atom is -0.458 e. The number of para-hydroxylation sites is 1. The predicted octanol–water partition coefficient (Wildman–Crippen LogP) is 16.3. The summed E-state index contributed by atoms with van der Waals surface area (Å²) in [5.41, 5.74) is 23.0. The molecule has 0 amide bonds. The highest BCUT2D eigenvalue weighted by Crippen LogP contribution is 2.52. The first-order chi connectivity index (χ1) is 35.8. The van der Waals surface area contributed by atoms with E-state index in [4.69, 9.17) is 4.74 Å². The molecule has 0 saturated heterocycles. The normalized spacial score (nSPS) is 14.5. The third-order valence-electron chi connectivity index (χ3n) is 17.1. The third kappa shape index (κ3) is 7.79. The molecule has 5 heteroatoms. The molecule has 364 valence electrons. The smallest absolute Gasteiger partial charge is 0.256 e. The first-order valence-corrected chi connectivity index (χ1v) is 26.3. The number of nitrogens with zero attached hydrogens (tertiary/aromatic N) is 3. The molecule has 0 spiro atoms. The SMILES string of the molecule is CC(C)(C)c1cc2cc(c1)C(C)(C)C(C)(C)c1cc(cc(C(C)(C)C)c1)-c1ccc3c(c1)B1c4cc-2ccc4Oc2cc(-c4ccccc4)cc(c21)N3c1c(-c2ccc(C#N)cc2)cccc1-c1ccc(C#N)cc1. The molecular weight excluding hydrogens is 910 g/mol. The van der Waals surface area contributed by atoms with Crippen molar-refractivity contribution >= 4 is 40.2 Å². The number of ether oxygens (including phenoxy) is 1. The Morgan fingerprint density at radius 3 is 1.44 bits per heavy atom. The van der Waals surface area contributed by atoms with Crippen LogP contribution in [0.25, 0.3) is 55.6 Å². The molecule has 8 bridgehead atoms. The van der Waals surface area contributed by atoms with Gasteiger partial charge >= 0.3 is 0 Å². The lowest BCUT2D eigenvalue weighted by Gasteiger charge is -2.44. The van der Waals surface area contributed by atoms with E-state index in [1.807, 2.05) is 24.3 Å². The molecule has 9 aromatic rings. The highest BCUT2D eigenvalue weighted by molar-refractivity contribution is 6.99. The zero-order valence-corrected chi connectivity index (χ0v) is 44.6. The predicted molar refractivity (Wildman–Crippen MR) is 312 cm³/mol. The fraction of sp³-hybridized carbons (Fsp3) is 0.200. The number of hydrogen-bond donors (Lipinski definition) is 0. The number of nitriles is 2. The maximum atomic E-state index is 9.95. The Labute approximate surface area is 443 Å². The first kappa shape index (κ1) is 47.6. The Morgan fingerprint density at radius 2 is 0.920 bits per heavy atom. The zero-order valence-electron chi connectivity index (χ0n) is 44.6. The average molecular weight is 970 g/mol. The van der Waals surface area contributed by atoms with E-state index in [9.17, 15) is 10.5 Å². The summed E-state index contributed by atoms with van der Waals surface area (Å²) in [4.78, 5) is 2.48. The van der Waals surface area contributed by atoms with Crippen LogP contribution in [0.1, 0.15) is 103 Å². The molecule has 4 nitrogen and oxygen atoms in total. The van der Waals surface area contributed by atoms with Gasteiger partial charge in [0.05, 0.1) is 29.0 Å². The van der Waals surface area contributed by atoms with Gasteiger partial charge in [-0.05, 0) is 153 Å². The first-order valence-electron chi connectivity index (χ1n) is 26.3. The summed E-state index contributed by atoms with van der Waals surface area (Å²) in [7, 11) is 0. The zero-order chi connectivity index (χ0) is 52.3. The number of hydrogen-bond acceptors (Lipinski definition) is 4. The van der Waals surface area contributed by atoms with Crippen molar-refractivity contribution in [2.75, 3.05) is 4.90 Å². The molecule has 0 fully saturated rings. The largest absolute Gasteiger partial charge is 0.458 e. The van der Waals surface area contributed by atoms with Crippen molar-refractivity contribution in [3.05, 3.63) is 215 Å². The number of rotatable bonds is 4. The molecule has 0 unspecified atom stereocenters. The lowest BCUT2D eigenvalue weighted by molar-refractivity contribution is 0.302. The van der Waals surface area contributed by atoms with Gasteiger partial charge in [-0.2, -0.15) is 10.5 Å². The molecular formula is C70H60BN3O. The lowest BCUT2D eigenvalue weighted by atomic mass is 9.34. The van der Waals surface area contributed by atoms with Crippen LogP contribution in [0.2, 0.25) is 0 Å². The standard InChI is InChI=1S/C70H60BN3O/c1-67(2,3)53-31-50-33-55(39-53)69(7,8)70(9,10)56-34-51(32-54(40-56)68(4,5)6)49-28-30-63-60(36-49)71-59-35-48(50)27-29-61(59)74(62-37-52(38-64(75-63)65(62)71)45-15-12-11-13-16-45)66-57(46-23-19-43(41-72)20-24-46)17-14-18-58(66)47-25-21-44(42-73)22-26-47/h11-40H,1-10H3. The summed E-state index contributed by atoms with van der Waals surface area (Å²) in [5.74, 6) is 1.67. The van der Waals surface area contributed by atoms with Gasteiger partial charge in [0.2, 0.25) is 0 Å². The molecule has 0 aliphatic carbocycles. The van der Waals surface area contributed by atoms with Crippen LogP contribution in [-0.2, 0) is 21.7 Å². The Balaban J connectivity index is 1.23. The van der Waals surface area contributed by atoms with E-state index in [2.05, 4.69) is 244 Å². The molecule has 3 aliphatic heterocycles. The second-order valence-corrected chi connectivity index (χ2v) is 24.1. The molecule has 0 radical (unpaired) electrons. The van der Waals surface area contributed by atoms with E-state index < -0.39 is 0 Å². The molecule has 12 rings (SSSR count). The second-order valence-electron chi connectivity index (χ2n) is 24.1. The van der Waals surface area contributed by atoms with E-state index in [0.717, 1.165) is 84.0 Å². The van der Waals surface area contributed by atoms with Gasteiger partial charge < -0.3 is 9.64 Å². The molecule has 0 N–H and O–H groups in total. The summed E-state index contributed by atoms with van der Waals surface area (Å²) in [6.45, 7) is 23.5. The molecule has 0 aromatic heterocycles. The van der Waals surface area contributed by atoms with Crippen molar-refractivity contribution in [3.8, 4) is 79.3 Å². The summed E-state index contributed by atoms with van der Waals surface area (Å²) >= 11 is 0. The summed E-state index contributed by atoms with van der Waals surface area (Å²) in [6.07, 6.45) is 0. The fourth-order valence-electron chi connectivity index (χ4n) is 11.7. The van der Waals surface area contributed by atoms with E-state index in [-0.39, 0.29) is 28.4 Å². The minimum atomic E-state index is -0.294. The average Bonchev–Trinajstić information content (AvgIpc) is 3.41. The highest BCUT2D eigenvalue weighted by Gasteiger charge is 2.45. The maximum Gasteiger partial charge on any atom is 0.256 e. The lowest BCUT2D eigenvalue weighted by Crippen LogP contribution is -2.59. The van der Waals surface area contributed by atoms with Gasteiger partial charge in [-0.15, -0.1) is 0 Å². The van der Waals surface area contributed by atoms with Crippen molar-refractivity contribution in [2.45, 2.75) is 90.9 Å². The Hall–Kier alpha value is -8.38. The maximum absolute atomic E-state index is 9.95. The van der Waals surface area contributed by atoms with Crippen molar-refractivity contribution in [1.29, 1.82) is 10.5 Å². The van der Waals surface area contributed by atoms with Crippen LogP contribution in [0.5, 0.6) is 11.5 Å². The van der Waals surface area contributed by atoms with Crippen molar-refractivity contribution < 1.29 is 4.74 Å². The monoisotopic (exact) mass is 969 g/mol. The highest BCUT2D eigenvalue weighted by atomic mass is 16.5. The molecule has 9 aromatic carbocycles. The van der Waals surface area contributed by atoms with Crippen LogP contribution in [0, 0.1) is 22.7 Å². The molecule has 0 atom stereocenters. The Morgan fingerprint density at radius 1 is 0.427 bits per heavy atom. The van der Waals surface area contributed by atoms with Crippen molar-refractivity contribution in [3.63, 3.8) is 0 Å². The minimum absolute atomic E-state index is 0.0968. The van der Waals surface area contributed by atoms with E-state index >= 15 is 0 Å². The Kier molecular flexibility index (Phi) is 10.9.